The van der Waals surface area contributed by atoms with Crippen LogP contribution >= 0.6 is 0 Å². The van der Waals surface area contributed by atoms with Gasteiger partial charge in [0.15, 0.2) is 23.0 Å². The Hall–Kier alpha value is -5.38. The molecule has 0 spiro atoms. The van der Waals surface area contributed by atoms with Gasteiger partial charge < -0.3 is 19.3 Å². The van der Waals surface area contributed by atoms with E-state index in [4.69, 9.17) is 24.3 Å². The van der Waals surface area contributed by atoms with Crippen LogP contribution in [0.4, 0.5) is 0 Å². The second kappa shape index (κ2) is 9.12. The number of aryl methyl sites for hydroxylation is 1. The van der Waals surface area contributed by atoms with Crippen LogP contribution in [-0.4, -0.2) is 48.7 Å². The second-order valence-corrected chi connectivity index (χ2v) is 9.39. The van der Waals surface area contributed by atoms with Crippen LogP contribution in [0.2, 0.25) is 0 Å². The van der Waals surface area contributed by atoms with E-state index in [1.807, 2.05) is 61.5 Å². The van der Waals surface area contributed by atoms with Crippen molar-refractivity contribution < 1.29 is 19.3 Å². The molecule has 0 saturated heterocycles. The van der Waals surface area contributed by atoms with Crippen LogP contribution in [0.5, 0.6) is 29.0 Å². The Morgan fingerprint density at radius 1 is 0.875 bits per heavy atom. The monoisotopic (exact) mass is 532 g/mol. The highest BCUT2D eigenvalue weighted by Gasteiger charge is 2.38. The molecule has 1 unspecified atom stereocenters. The third-order valence-electron chi connectivity index (χ3n) is 7.11. The van der Waals surface area contributed by atoms with Crippen molar-refractivity contribution in [2.45, 2.75) is 12.8 Å². The minimum atomic E-state index is -0.367. The van der Waals surface area contributed by atoms with E-state index >= 15 is 0 Å². The third-order valence-corrected chi connectivity index (χ3v) is 7.11. The first-order chi connectivity index (χ1) is 19.6. The Morgan fingerprint density at radius 2 is 1.65 bits per heavy atom. The van der Waals surface area contributed by atoms with Crippen molar-refractivity contribution in [2.75, 3.05) is 14.2 Å². The summed E-state index contributed by atoms with van der Waals surface area (Å²) in [5, 5.41) is 20.0. The van der Waals surface area contributed by atoms with Gasteiger partial charge in [-0.05, 0) is 48.9 Å². The summed E-state index contributed by atoms with van der Waals surface area (Å²) in [5.41, 5.74) is 5.27. The molecule has 7 rings (SSSR count). The maximum atomic E-state index is 10.5. The molecule has 0 saturated carbocycles. The highest BCUT2D eigenvalue weighted by atomic mass is 16.5. The van der Waals surface area contributed by atoms with Crippen LogP contribution < -0.4 is 14.2 Å². The van der Waals surface area contributed by atoms with Crippen molar-refractivity contribution >= 4 is 5.65 Å². The molecule has 10 heteroatoms. The lowest BCUT2D eigenvalue weighted by molar-refractivity contribution is 0.354. The van der Waals surface area contributed by atoms with E-state index in [-0.39, 0.29) is 11.7 Å². The van der Waals surface area contributed by atoms with Gasteiger partial charge in [-0.1, -0.05) is 36.4 Å². The summed E-state index contributed by atoms with van der Waals surface area (Å²) in [6.45, 7) is 1.96. The van der Waals surface area contributed by atoms with Crippen LogP contribution in [0.1, 0.15) is 28.3 Å². The van der Waals surface area contributed by atoms with Gasteiger partial charge in [-0.2, -0.15) is 5.10 Å². The quantitative estimate of drug-likeness (QED) is 0.318. The fourth-order valence-corrected chi connectivity index (χ4v) is 5.26. The van der Waals surface area contributed by atoms with Crippen LogP contribution in [0, 0.1) is 6.92 Å². The van der Waals surface area contributed by atoms with Crippen LogP contribution in [0.25, 0.3) is 22.7 Å². The van der Waals surface area contributed by atoms with E-state index in [1.54, 1.807) is 47.9 Å². The summed E-state index contributed by atoms with van der Waals surface area (Å²) in [7, 11) is 3.22. The number of aromatic nitrogens is 6. The van der Waals surface area contributed by atoms with E-state index in [9.17, 15) is 5.11 Å². The molecule has 1 aliphatic rings. The Labute approximate surface area is 229 Å². The van der Waals surface area contributed by atoms with Crippen LogP contribution in [0.3, 0.4) is 0 Å². The average Bonchev–Trinajstić information content (AvgIpc) is 3.57. The molecule has 0 fully saturated rings. The number of hydrogen-bond donors (Lipinski definition) is 1. The minimum Gasteiger partial charge on any atom is -0.507 e. The molecule has 3 aromatic heterocycles. The maximum absolute atomic E-state index is 10.5. The van der Waals surface area contributed by atoms with Gasteiger partial charge in [0, 0.05) is 0 Å². The van der Waals surface area contributed by atoms with Gasteiger partial charge in [0.1, 0.15) is 12.1 Å². The summed E-state index contributed by atoms with van der Waals surface area (Å²) in [4.78, 5) is 9.52. The summed E-state index contributed by atoms with van der Waals surface area (Å²) in [6, 6.07) is 22.6. The Morgan fingerprint density at radius 3 is 2.42 bits per heavy atom. The number of phenolic OH excluding ortho intramolecular Hbond substituents is 1. The fourth-order valence-electron chi connectivity index (χ4n) is 5.26. The highest BCUT2D eigenvalue weighted by Crippen LogP contribution is 2.50. The van der Waals surface area contributed by atoms with Gasteiger partial charge in [-0.25, -0.2) is 19.2 Å². The van der Waals surface area contributed by atoms with Crippen molar-refractivity contribution in [2.24, 2.45) is 0 Å². The summed E-state index contributed by atoms with van der Waals surface area (Å²) >= 11 is 0. The molecule has 198 valence electrons. The van der Waals surface area contributed by atoms with E-state index < -0.39 is 0 Å². The lowest BCUT2D eigenvalue weighted by atomic mass is 9.84. The number of methoxy groups -OCH3 is 2. The summed E-state index contributed by atoms with van der Waals surface area (Å²) in [5.74, 6) is 2.29. The van der Waals surface area contributed by atoms with E-state index in [0.29, 0.717) is 40.3 Å². The number of rotatable bonds is 5. The Balaban J connectivity index is 1.51. The van der Waals surface area contributed by atoms with Gasteiger partial charge in [0.25, 0.3) is 0 Å². The smallest absolute Gasteiger partial charge is 0.230 e. The molecule has 40 heavy (non-hydrogen) atoms. The standard InChI is InChI=1S/C30H24N6O4/c1-17-24-25(18-13-14-22(38-2)23(15-18)39-3)26-28-32-27(20-11-7-8-12-21(20)37)34-35(28)16-31-29(26)40-30(24)36(33-17)19-9-5-4-6-10-19/h4-16,25,37H,1-3H3. The van der Waals surface area contributed by atoms with Crippen LogP contribution in [-0.2, 0) is 0 Å². The largest absolute Gasteiger partial charge is 0.507 e. The number of para-hydroxylation sites is 2. The molecule has 0 amide bonds. The van der Waals surface area contributed by atoms with Gasteiger partial charge in [-0.15, -0.1) is 5.10 Å². The molecule has 1 atom stereocenters. The Bertz CT molecular complexity index is 1900. The van der Waals surface area contributed by atoms with Gasteiger partial charge in [0.2, 0.25) is 11.8 Å². The lowest BCUT2D eigenvalue weighted by Gasteiger charge is -2.26. The number of phenols is 1. The molecular weight excluding hydrogens is 508 g/mol. The zero-order chi connectivity index (χ0) is 27.4. The molecule has 10 nitrogen and oxygen atoms in total. The zero-order valence-electron chi connectivity index (χ0n) is 21.9. The predicted octanol–water partition coefficient (Wildman–Crippen LogP) is 5.29. The maximum Gasteiger partial charge on any atom is 0.230 e. The van der Waals surface area contributed by atoms with E-state index in [1.165, 1.54) is 0 Å². The normalized spacial score (nSPS) is 13.9. The molecule has 4 heterocycles. The molecule has 0 radical (unpaired) electrons. The van der Waals surface area contributed by atoms with Crippen molar-refractivity contribution in [3.05, 3.63) is 102 Å². The van der Waals surface area contributed by atoms with Gasteiger partial charge in [-0.3, -0.25) is 0 Å². The lowest BCUT2D eigenvalue weighted by Crippen LogP contribution is -2.16. The molecule has 0 bridgehead atoms. The number of fused-ring (bicyclic) bond motifs is 4. The first-order valence-corrected chi connectivity index (χ1v) is 12.7. The van der Waals surface area contributed by atoms with Crippen molar-refractivity contribution in [1.29, 1.82) is 0 Å². The third kappa shape index (κ3) is 3.57. The fraction of sp³-hybridized carbons (Fsp3) is 0.133. The molecule has 1 aliphatic heterocycles. The molecule has 3 aromatic carbocycles. The topological polar surface area (TPSA) is 109 Å². The zero-order valence-corrected chi connectivity index (χ0v) is 21.9. The minimum absolute atomic E-state index is 0.0928. The number of ether oxygens (including phenoxy) is 3. The van der Waals surface area contributed by atoms with Crippen LogP contribution in [0.15, 0.2) is 79.1 Å². The van der Waals surface area contributed by atoms with Gasteiger partial charge >= 0.3 is 0 Å². The number of aromatic hydroxyl groups is 1. The first kappa shape index (κ1) is 23.7. The average molecular weight is 533 g/mol. The number of nitrogens with zero attached hydrogens (tertiary/aromatic N) is 6. The molecule has 1 N–H and O–H groups in total. The van der Waals surface area contributed by atoms with Crippen molar-refractivity contribution in [1.82, 2.24) is 29.4 Å². The van der Waals surface area contributed by atoms with E-state index in [0.717, 1.165) is 28.1 Å². The highest BCUT2D eigenvalue weighted by molar-refractivity contribution is 5.71. The summed E-state index contributed by atoms with van der Waals surface area (Å²) < 4.78 is 21.1. The van der Waals surface area contributed by atoms with Crippen molar-refractivity contribution in [3.8, 4) is 46.1 Å². The molecule has 0 aliphatic carbocycles. The molecular formula is C30H24N6O4. The molecule has 6 aromatic rings. The van der Waals surface area contributed by atoms with Gasteiger partial charge in [0.05, 0.1) is 48.2 Å². The predicted molar refractivity (Wildman–Crippen MR) is 147 cm³/mol. The van der Waals surface area contributed by atoms with E-state index in [2.05, 4.69) is 10.1 Å². The number of hydrogen-bond acceptors (Lipinski definition) is 8. The Kier molecular flexibility index (Phi) is 5.41. The number of benzene rings is 3. The first-order valence-electron chi connectivity index (χ1n) is 12.7. The summed E-state index contributed by atoms with van der Waals surface area (Å²) in [6.07, 6.45) is 1.57. The SMILES string of the molecule is COc1ccc(C2c3c(C)nn(-c4ccccc4)c3Oc3ncn4nc(-c5ccccc5O)nc4c32)cc1OC. The second-order valence-electron chi connectivity index (χ2n) is 9.39. The van der Waals surface area contributed by atoms with Crippen molar-refractivity contribution in [3.63, 3.8) is 0 Å².